The maximum Gasteiger partial charge on any atom is 0.257 e. The third kappa shape index (κ3) is 3.61. The number of carbonyl (C=O) groups excluding carboxylic acids is 1. The normalized spacial score (nSPS) is 16.0. The van der Waals surface area contributed by atoms with Crippen LogP contribution in [0.3, 0.4) is 0 Å². The first kappa shape index (κ1) is 19.9. The zero-order chi connectivity index (χ0) is 19.9. The van der Waals surface area contributed by atoms with E-state index in [2.05, 4.69) is 0 Å². The summed E-state index contributed by atoms with van der Waals surface area (Å²) in [5.41, 5.74) is 1.34. The van der Waals surface area contributed by atoms with Gasteiger partial charge in [-0.1, -0.05) is 11.6 Å². The molecule has 1 aromatic heterocycles. The summed E-state index contributed by atoms with van der Waals surface area (Å²) in [7, 11) is -3.80. The molecule has 6 nitrogen and oxygen atoms in total. The Balaban J connectivity index is 1.74. The Morgan fingerprint density at radius 2 is 1.74 bits per heavy atom. The molecular weight excluding hydrogens is 395 g/mol. The smallest absolute Gasteiger partial charge is 0.257 e. The highest BCUT2D eigenvalue weighted by Crippen LogP contribution is 2.25. The van der Waals surface area contributed by atoms with E-state index in [-0.39, 0.29) is 42.0 Å². The number of hydrogen-bond donors (Lipinski definition) is 0. The van der Waals surface area contributed by atoms with Crippen LogP contribution in [0.25, 0.3) is 0 Å². The molecule has 1 fully saturated rings. The van der Waals surface area contributed by atoms with Crippen LogP contribution in [0.2, 0.25) is 5.02 Å². The van der Waals surface area contributed by atoms with E-state index in [1.54, 1.807) is 18.7 Å². The van der Waals surface area contributed by atoms with E-state index < -0.39 is 15.8 Å². The Hall–Kier alpha value is -1.90. The standard InChI is InChI=1S/C18H20ClFN2O4S/c1-11-12(2)26-13(3)17(11)18(23)21-6-8-22(9-7-21)27(24,25)14-4-5-16(20)15(19)10-14/h4-5,10H,6-9H2,1-3H3. The Morgan fingerprint density at radius 3 is 2.26 bits per heavy atom. The maximum atomic E-state index is 13.3. The lowest BCUT2D eigenvalue weighted by atomic mass is 10.1. The molecule has 9 heteroatoms. The lowest BCUT2D eigenvalue weighted by Crippen LogP contribution is -2.50. The van der Waals surface area contributed by atoms with Crippen molar-refractivity contribution in [2.24, 2.45) is 0 Å². The van der Waals surface area contributed by atoms with Gasteiger partial charge in [0.15, 0.2) is 0 Å². The van der Waals surface area contributed by atoms with E-state index in [0.717, 1.165) is 17.7 Å². The summed E-state index contributed by atoms with van der Waals surface area (Å²) in [4.78, 5) is 14.4. The molecule has 0 atom stereocenters. The largest absolute Gasteiger partial charge is 0.466 e. The molecule has 0 saturated carbocycles. The summed E-state index contributed by atoms with van der Waals surface area (Å²) in [6, 6.07) is 3.32. The second-order valence-electron chi connectivity index (χ2n) is 6.49. The number of halogens is 2. The monoisotopic (exact) mass is 414 g/mol. The van der Waals surface area contributed by atoms with Crippen LogP contribution in [0.1, 0.15) is 27.4 Å². The predicted molar refractivity (Wildman–Crippen MR) is 99.0 cm³/mol. The molecule has 1 aliphatic rings. The van der Waals surface area contributed by atoms with Gasteiger partial charge in [-0.3, -0.25) is 4.79 Å². The minimum absolute atomic E-state index is 0.0641. The number of carbonyl (C=O) groups is 1. The number of amides is 1. The summed E-state index contributed by atoms with van der Waals surface area (Å²) in [5, 5.41) is -0.244. The number of sulfonamides is 1. The zero-order valence-electron chi connectivity index (χ0n) is 15.3. The van der Waals surface area contributed by atoms with E-state index in [1.165, 1.54) is 10.4 Å². The van der Waals surface area contributed by atoms with Crippen molar-refractivity contribution >= 4 is 27.5 Å². The van der Waals surface area contributed by atoms with Gasteiger partial charge in [0.1, 0.15) is 17.3 Å². The van der Waals surface area contributed by atoms with E-state index in [0.29, 0.717) is 17.1 Å². The molecule has 0 unspecified atom stereocenters. The van der Waals surface area contributed by atoms with Crippen molar-refractivity contribution in [1.29, 1.82) is 0 Å². The molecule has 2 heterocycles. The van der Waals surface area contributed by atoms with Crippen molar-refractivity contribution in [1.82, 2.24) is 9.21 Å². The third-order valence-corrected chi connectivity index (χ3v) is 7.01. The van der Waals surface area contributed by atoms with Crippen molar-refractivity contribution in [3.63, 3.8) is 0 Å². The number of rotatable bonds is 3. The number of benzene rings is 1. The van der Waals surface area contributed by atoms with Crippen molar-refractivity contribution in [3.8, 4) is 0 Å². The second kappa shape index (κ2) is 7.26. The van der Waals surface area contributed by atoms with Gasteiger partial charge in [0.25, 0.3) is 5.91 Å². The molecule has 3 rings (SSSR count). The quantitative estimate of drug-likeness (QED) is 0.773. The Bertz CT molecular complexity index is 995. The van der Waals surface area contributed by atoms with Gasteiger partial charge in [0.2, 0.25) is 10.0 Å². The molecule has 1 aromatic carbocycles. The number of nitrogens with zero attached hydrogens (tertiary/aromatic N) is 2. The molecule has 146 valence electrons. The molecule has 0 bridgehead atoms. The first-order valence-electron chi connectivity index (χ1n) is 8.44. The number of piperazine rings is 1. The van der Waals surface area contributed by atoms with Crippen LogP contribution in [-0.2, 0) is 10.0 Å². The van der Waals surface area contributed by atoms with Crippen LogP contribution < -0.4 is 0 Å². The van der Waals surface area contributed by atoms with Gasteiger partial charge in [-0.2, -0.15) is 4.31 Å². The lowest BCUT2D eigenvalue weighted by molar-refractivity contribution is 0.0695. The molecule has 2 aromatic rings. The number of furan rings is 1. The average molecular weight is 415 g/mol. The topological polar surface area (TPSA) is 70.8 Å². The van der Waals surface area contributed by atoms with Crippen molar-refractivity contribution in [3.05, 3.63) is 51.7 Å². The molecule has 0 N–H and O–H groups in total. The highest BCUT2D eigenvalue weighted by atomic mass is 35.5. The van der Waals surface area contributed by atoms with Crippen LogP contribution in [-0.4, -0.2) is 49.7 Å². The van der Waals surface area contributed by atoms with Gasteiger partial charge >= 0.3 is 0 Å². The lowest BCUT2D eigenvalue weighted by Gasteiger charge is -2.34. The van der Waals surface area contributed by atoms with E-state index in [9.17, 15) is 17.6 Å². The molecule has 1 amide bonds. The van der Waals surface area contributed by atoms with Gasteiger partial charge in [-0.05, 0) is 39.0 Å². The molecule has 1 aliphatic heterocycles. The van der Waals surface area contributed by atoms with Gasteiger partial charge in [0, 0.05) is 31.7 Å². The maximum absolute atomic E-state index is 13.3. The summed E-state index contributed by atoms with van der Waals surface area (Å²) in [6.45, 7) is 6.20. The highest BCUT2D eigenvalue weighted by Gasteiger charge is 2.32. The molecule has 0 aliphatic carbocycles. The van der Waals surface area contributed by atoms with Gasteiger partial charge < -0.3 is 9.32 Å². The van der Waals surface area contributed by atoms with Crippen LogP contribution in [0.15, 0.2) is 27.5 Å². The van der Waals surface area contributed by atoms with Crippen molar-refractivity contribution in [2.75, 3.05) is 26.2 Å². The Kier molecular flexibility index (Phi) is 5.33. The first-order valence-corrected chi connectivity index (χ1v) is 10.3. The van der Waals surface area contributed by atoms with Crippen LogP contribution in [0.4, 0.5) is 4.39 Å². The second-order valence-corrected chi connectivity index (χ2v) is 8.83. The predicted octanol–water partition coefficient (Wildman–Crippen LogP) is 3.14. The molecule has 27 heavy (non-hydrogen) atoms. The Labute approximate surface area is 162 Å². The summed E-state index contributed by atoms with van der Waals surface area (Å²) in [6.07, 6.45) is 0. The third-order valence-electron chi connectivity index (χ3n) is 4.83. The molecular formula is C18H20ClFN2O4S. The fourth-order valence-electron chi connectivity index (χ4n) is 3.18. The number of aryl methyl sites for hydroxylation is 2. The summed E-state index contributed by atoms with van der Waals surface area (Å²) in [5.74, 6) is 0.423. The minimum Gasteiger partial charge on any atom is -0.466 e. The highest BCUT2D eigenvalue weighted by molar-refractivity contribution is 7.89. The van der Waals surface area contributed by atoms with Gasteiger partial charge in [0.05, 0.1) is 15.5 Å². The minimum atomic E-state index is -3.80. The van der Waals surface area contributed by atoms with Gasteiger partial charge in [-0.25, -0.2) is 12.8 Å². The van der Waals surface area contributed by atoms with Gasteiger partial charge in [-0.15, -0.1) is 0 Å². The van der Waals surface area contributed by atoms with Crippen LogP contribution in [0.5, 0.6) is 0 Å². The van der Waals surface area contributed by atoms with Crippen molar-refractivity contribution in [2.45, 2.75) is 25.7 Å². The van der Waals surface area contributed by atoms with E-state index in [1.807, 2.05) is 6.92 Å². The zero-order valence-corrected chi connectivity index (χ0v) is 16.8. The SMILES string of the molecule is Cc1oc(C)c(C(=O)N2CCN(S(=O)(=O)c3ccc(F)c(Cl)c3)CC2)c1C. The van der Waals surface area contributed by atoms with E-state index >= 15 is 0 Å². The number of hydrogen-bond acceptors (Lipinski definition) is 4. The van der Waals surface area contributed by atoms with Crippen LogP contribution in [0, 0.1) is 26.6 Å². The molecule has 0 spiro atoms. The van der Waals surface area contributed by atoms with Crippen molar-refractivity contribution < 1.29 is 22.0 Å². The fraction of sp³-hybridized carbons (Fsp3) is 0.389. The Morgan fingerprint density at radius 1 is 1.11 bits per heavy atom. The summed E-state index contributed by atoms with van der Waals surface area (Å²) >= 11 is 5.70. The fourth-order valence-corrected chi connectivity index (χ4v) is 4.88. The molecule has 1 saturated heterocycles. The average Bonchev–Trinajstić information content (AvgIpc) is 2.89. The summed E-state index contributed by atoms with van der Waals surface area (Å²) < 4.78 is 45.6. The van der Waals surface area contributed by atoms with Crippen LogP contribution >= 0.6 is 11.6 Å². The first-order chi connectivity index (χ1) is 12.6. The van der Waals surface area contributed by atoms with E-state index in [4.69, 9.17) is 16.0 Å². The molecule has 0 radical (unpaired) electrons.